The lowest BCUT2D eigenvalue weighted by atomic mass is 10.2. The van der Waals surface area contributed by atoms with E-state index in [1.807, 2.05) is 36.0 Å². The Hall–Kier alpha value is -2.63. The number of benzene rings is 1. The number of rotatable bonds is 5. The topological polar surface area (TPSA) is 68.8 Å². The minimum absolute atomic E-state index is 0.0550. The minimum atomic E-state index is -0.0550. The minimum Gasteiger partial charge on any atom is -0.423 e. The highest BCUT2D eigenvalue weighted by Gasteiger charge is 2.13. The standard InChI is InChI=1S/C15H17N5O/c1-11(15-19-18-12(2)21-15)17-14-8-16-20(10-14)9-13-6-4-3-5-7-13/h3-8,10-11,17H,9H2,1-2H3/t11-/m0/s1. The van der Waals surface area contributed by atoms with E-state index in [4.69, 9.17) is 4.42 Å². The van der Waals surface area contributed by atoms with Crippen LogP contribution in [0.15, 0.2) is 47.1 Å². The van der Waals surface area contributed by atoms with Gasteiger partial charge in [0.05, 0.1) is 18.4 Å². The third-order valence-corrected chi connectivity index (χ3v) is 3.12. The van der Waals surface area contributed by atoms with Crippen molar-refractivity contribution in [3.8, 4) is 0 Å². The van der Waals surface area contributed by atoms with E-state index >= 15 is 0 Å². The summed E-state index contributed by atoms with van der Waals surface area (Å²) in [6, 6.07) is 10.2. The number of aryl methyl sites for hydroxylation is 1. The van der Waals surface area contributed by atoms with E-state index in [0.29, 0.717) is 11.8 Å². The lowest BCUT2D eigenvalue weighted by Gasteiger charge is -2.08. The van der Waals surface area contributed by atoms with Crippen LogP contribution in [0.3, 0.4) is 0 Å². The van der Waals surface area contributed by atoms with Crippen LogP contribution < -0.4 is 5.32 Å². The van der Waals surface area contributed by atoms with Crippen molar-refractivity contribution in [1.82, 2.24) is 20.0 Å². The zero-order valence-corrected chi connectivity index (χ0v) is 12.0. The number of nitrogens with zero attached hydrogens (tertiary/aromatic N) is 4. The maximum atomic E-state index is 5.41. The lowest BCUT2D eigenvalue weighted by molar-refractivity contribution is 0.451. The van der Waals surface area contributed by atoms with Crippen molar-refractivity contribution in [2.75, 3.05) is 5.32 Å². The molecule has 21 heavy (non-hydrogen) atoms. The molecular weight excluding hydrogens is 266 g/mol. The fourth-order valence-electron chi connectivity index (χ4n) is 2.09. The van der Waals surface area contributed by atoms with E-state index in [0.717, 1.165) is 12.2 Å². The van der Waals surface area contributed by atoms with E-state index in [1.54, 1.807) is 13.1 Å². The Labute approximate surface area is 122 Å². The van der Waals surface area contributed by atoms with Gasteiger partial charge in [-0.3, -0.25) is 4.68 Å². The summed E-state index contributed by atoms with van der Waals surface area (Å²) in [5.41, 5.74) is 2.14. The molecule has 0 amide bonds. The summed E-state index contributed by atoms with van der Waals surface area (Å²) in [5, 5.41) is 15.5. The van der Waals surface area contributed by atoms with E-state index in [1.165, 1.54) is 5.56 Å². The molecule has 1 N–H and O–H groups in total. The molecule has 3 aromatic rings. The van der Waals surface area contributed by atoms with Crippen LogP contribution in [-0.4, -0.2) is 20.0 Å². The maximum absolute atomic E-state index is 5.41. The first-order valence-corrected chi connectivity index (χ1v) is 6.83. The largest absolute Gasteiger partial charge is 0.423 e. The quantitative estimate of drug-likeness (QED) is 0.779. The molecular formula is C15H17N5O. The summed E-state index contributed by atoms with van der Waals surface area (Å²) >= 11 is 0. The summed E-state index contributed by atoms with van der Waals surface area (Å²) < 4.78 is 7.30. The van der Waals surface area contributed by atoms with Gasteiger partial charge in [0.2, 0.25) is 11.8 Å². The molecule has 1 aromatic carbocycles. The molecule has 3 rings (SSSR count). The Balaban J connectivity index is 1.65. The van der Waals surface area contributed by atoms with Crippen molar-refractivity contribution in [3.05, 3.63) is 60.1 Å². The summed E-state index contributed by atoms with van der Waals surface area (Å²) in [6.07, 6.45) is 3.76. The second-order valence-corrected chi connectivity index (χ2v) is 4.94. The molecule has 0 aliphatic carbocycles. The number of aromatic nitrogens is 4. The number of nitrogens with one attached hydrogen (secondary N) is 1. The molecule has 0 saturated heterocycles. The van der Waals surface area contributed by atoms with Crippen molar-refractivity contribution in [2.45, 2.75) is 26.4 Å². The highest BCUT2D eigenvalue weighted by molar-refractivity contribution is 5.39. The van der Waals surface area contributed by atoms with Crippen LogP contribution in [0.1, 0.15) is 30.3 Å². The molecule has 0 radical (unpaired) electrons. The molecule has 1 atom stereocenters. The summed E-state index contributed by atoms with van der Waals surface area (Å²) in [7, 11) is 0. The van der Waals surface area contributed by atoms with Crippen molar-refractivity contribution in [1.29, 1.82) is 0 Å². The van der Waals surface area contributed by atoms with Crippen LogP contribution in [0.2, 0.25) is 0 Å². The van der Waals surface area contributed by atoms with Crippen molar-refractivity contribution < 1.29 is 4.42 Å². The molecule has 108 valence electrons. The molecule has 2 heterocycles. The van der Waals surface area contributed by atoms with Crippen LogP contribution in [0.4, 0.5) is 5.69 Å². The normalized spacial score (nSPS) is 12.3. The molecule has 0 fully saturated rings. The SMILES string of the molecule is Cc1nnc([C@H](C)Nc2cnn(Cc3ccccc3)c2)o1. The van der Waals surface area contributed by atoms with Gasteiger partial charge in [0.1, 0.15) is 6.04 Å². The van der Waals surface area contributed by atoms with Gasteiger partial charge in [-0.25, -0.2) is 0 Å². The molecule has 2 aromatic heterocycles. The number of anilines is 1. The van der Waals surface area contributed by atoms with Crippen LogP contribution in [-0.2, 0) is 6.54 Å². The second kappa shape index (κ2) is 5.78. The zero-order chi connectivity index (χ0) is 14.7. The third kappa shape index (κ3) is 3.28. The Kier molecular flexibility index (Phi) is 3.68. The molecule has 0 saturated carbocycles. The molecule has 0 bridgehead atoms. The van der Waals surface area contributed by atoms with Crippen LogP contribution in [0.5, 0.6) is 0 Å². The van der Waals surface area contributed by atoms with Crippen molar-refractivity contribution in [2.24, 2.45) is 0 Å². The van der Waals surface area contributed by atoms with Gasteiger partial charge in [0.25, 0.3) is 0 Å². The second-order valence-electron chi connectivity index (χ2n) is 4.94. The lowest BCUT2D eigenvalue weighted by Crippen LogP contribution is -2.06. The monoisotopic (exact) mass is 283 g/mol. The summed E-state index contributed by atoms with van der Waals surface area (Å²) in [5.74, 6) is 1.14. The van der Waals surface area contributed by atoms with Crippen molar-refractivity contribution >= 4 is 5.69 Å². The van der Waals surface area contributed by atoms with Gasteiger partial charge in [0, 0.05) is 13.1 Å². The molecule has 0 aliphatic rings. The maximum Gasteiger partial charge on any atom is 0.238 e. The van der Waals surface area contributed by atoms with Gasteiger partial charge in [-0.15, -0.1) is 10.2 Å². The van der Waals surface area contributed by atoms with Gasteiger partial charge in [-0.1, -0.05) is 30.3 Å². The molecule has 0 aliphatic heterocycles. The van der Waals surface area contributed by atoms with Gasteiger partial charge in [-0.05, 0) is 12.5 Å². The molecule has 0 unspecified atom stereocenters. The van der Waals surface area contributed by atoms with Gasteiger partial charge < -0.3 is 9.73 Å². The van der Waals surface area contributed by atoms with Gasteiger partial charge in [0.15, 0.2) is 0 Å². The highest BCUT2D eigenvalue weighted by atomic mass is 16.4. The fourth-order valence-corrected chi connectivity index (χ4v) is 2.09. The van der Waals surface area contributed by atoms with Crippen LogP contribution in [0.25, 0.3) is 0 Å². The van der Waals surface area contributed by atoms with Crippen LogP contribution in [0, 0.1) is 6.92 Å². The van der Waals surface area contributed by atoms with Crippen molar-refractivity contribution in [3.63, 3.8) is 0 Å². The van der Waals surface area contributed by atoms with E-state index in [9.17, 15) is 0 Å². The van der Waals surface area contributed by atoms with E-state index in [-0.39, 0.29) is 6.04 Å². The predicted molar refractivity (Wildman–Crippen MR) is 78.8 cm³/mol. The summed E-state index contributed by atoms with van der Waals surface area (Å²) in [4.78, 5) is 0. The predicted octanol–water partition coefficient (Wildman–Crippen LogP) is 2.80. The zero-order valence-electron chi connectivity index (χ0n) is 12.0. The van der Waals surface area contributed by atoms with Gasteiger partial charge in [-0.2, -0.15) is 5.10 Å². The Morgan fingerprint density at radius 2 is 2.05 bits per heavy atom. The molecule has 0 spiro atoms. The average Bonchev–Trinajstić information content (AvgIpc) is 3.09. The molecule has 6 nitrogen and oxygen atoms in total. The fraction of sp³-hybridized carbons (Fsp3) is 0.267. The molecule has 6 heteroatoms. The van der Waals surface area contributed by atoms with E-state index < -0.39 is 0 Å². The smallest absolute Gasteiger partial charge is 0.238 e. The Morgan fingerprint density at radius 3 is 2.76 bits per heavy atom. The highest BCUT2D eigenvalue weighted by Crippen LogP contribution is 2.17. The number of hydrogen-bond donors (Lipinski definition) is 1. The van der Waals surface area contributed by atoms with E-state index in [2.05, 4.69) is 32.7 Å². The Bertz CT molecular complexity index is 704. The summed E-state index contributed by atoms with van der Waals surface area (Å²) in [6.45, 7) is 4.50. The van der Waals surface area contributed by atoms with Crippen LogP contribution >= 0.6 is 0 Å². The third-order valence-electron chi connectivity index (χ3n) is 3.12. The number of hydrogen-bond acceptors (Lipinski definition) is 5. The van der Waals surface area contributed by atoms with Gasteiger partial charge >= 0.3 is 0 Å². The first-order valence-electron chi connectivity index (χ1n) is 6.83. The Morgan fingerprint density at radius 1 is 1.24 bits per heavy atom. The first-order chi connectivity index (χ1) is 10.2. The average molecular weight is 283 g/mol. The first kappa shape index (κ1) is 13.4.